The Kier molecular flexibility index (Phi) is 6.98. The number of nitrogens with zero attached hydrogens (tertiary/aromatic N) is 4. The molecular formula is C24H30N4O5. The summed E-state index contributed by atoms with van der Waals surface area (Å²) in [6, 6.07) is 11.1. The summed E-state index contributed by atoms with van der Waals surface area (Å²) in [6.45, 7) is 8.90. The minimum Gasteiger partial charge on any atom is -0.483 e. The Morgan fingerprint density at radius 3 is 2.45 bits per heavy atom. The van der Waals surface area contributed by atoms with Crippen LogP contribution in [0.4, 0.5) is 17.1 Å². The molecule has 0 unspecified atom stereocenters. The van der Waals surface area contributed by atoms with Gasteiger partial charge in [-0.2, -0.15) is 0 Å². The molecule has 0 aromatic heterocycles. The molecule has 4 rings (SSSR count). The Bertz CT molecular complexity index is 1010. The number of hydrogen-bond donors (Lipinski definition) is 0. The van der Waals surface area contributed by atoms with E-state index in [9.17, 15) is 14.9 Å². The molecule has 2 fully saturated rings. The minimum absolute atomic E-state index is 0.0169. The highest BCUT2D eigenvalue weighted by Gasteiger charge is 2.26. The van der Waals surface area contributed by atoms with Gasteiger partial charge in [0.15, 0.2) is 6.61 Å². The quantitative estimate of drug-likeness (QED) is 0.490. The summed E-state index contributed by atoms with van der Waals surface area (Å²) in [5, 5.41) is 11.6. The molecule has 2 heterocycles. The van der Waals surface area contributed by atoms with Gasteiger partial charge in [0.25, 0.3) is 11.6 Å². The minimum atomic E-state index is -0.332. The third kappa shape index (κ3) is 5.19. The molecule has 2 aliphatic heterocycles. The summed E-state index contributed by atoms with van der Waals surface area (Å²) >= 11 is 0. The second-order valence-electron chi connectivity index (χ2n) is 8.38. The second kappa shape index (κ2) is 10.1. The van der Waals surface area contributed by atoms with Gasteiger partial charge in [0.2, 0.25) is 0 Å². The average Bonchev–Trinajstić information content (AvgIpc) is 2.85. The van der Waals surface area contributed by atoms with Crippen molar-refractivity contribution < 1.29 is 19.2 Å². The van der Waals surface area contributed by atoms with Gasteiger partial charge >= 0.3 is 0 Å². The van der Waals surface area contributed by atoms with Gasteiger partial charge in [-0.3, -0.25) is 14.9 Å². The number of nitro groups is 1. The smallest absolute Gasteiger partial charge is 0.292 e. The zero-order valence-corrected chi connectivity index (χ0v) is 19.2. The molecule has 9 heteroatoms. The van der Waals surface area contributed by atoms with Crippen molar-refractivity contribution in [2.24, 2.45) is 0 Å². The molecule has 2 aliphatic rings. The highest BCUT2D eigenvalue weighted by atomic mass is 16.6. The number of carbonyl (C=O) groups excluding carboxylic acids is 1. The van der Waals surface area contributed by atoms with Gasteiger partial charge in [0.05, 0.1) is 18.1 Å². The van der Waals surface area contributed by atoms with E-state index in [4.69, 9.17) is 9.47 Å². The van der Waals surface area contributed by atoms with Crippen LogP contribution in [0.5, 0.6) is 5.75 Å². The van der Waals surface area contributed by atoms with Crippen LogP contribution in [0.25, 0.3) is 0 Å². The molecule has 0 radical (unpaired) electrons. The molecule has 9 nitrogen and oxygen atoms in total. The van der Waals surface area contributed by atoms with Crippen LogP contribution in [0, 0.1) is 24.0 Å². The average molecular weight is 455 g/mol. The lowest BCUT2D eigenvalue weighted by Crippen LogP contribution is -2.50. The van der Waals surface area contributed by atoms with E-state index in [1.165, 1.54) is 0 Å². The lowest BCUT2D eigenvalue weighted by molar-refractivity contribution is -0.384. The van der Waals surface area contributed by atoms with Gasteiger partial charge in [0.1, 0.15) is 11.4 Å². The molecule has 0 spiro atoms. The van der Waals surface area contributed by atoms with Gasteiger partial charge in [-0.15, -0.1) is 0 Å². The Morgan fingerprint density at radius 1 is 1.03 bits per heavy atom. The van der Waals surface area contributed by atoms with E-state index in [2.05, 4.69) is 4.90 Å². The maximum absolute atomic E-state index is 12.7. The summed E-state index contributed by atoms with van der Waals surface area (Å²) in [6.07, 6.45) is 0. The number of morpholine rings is 1. The molecule has 2 aromatic carbocycles. The third-order valence-electron chi connectivity index (χ3n) is 6.41. The summed E-state index contributed by atoms with van der Waals surface area (Å²) in [4.78, 5) is 29.9. The highest BCUT2D eigenvalue weighted by molar-refractivity contribution is 5.78. The SMILES string of the molecule is Cc1cccc(OCC(=O)N2CCN(c3ccc([N+](=O)[O-])c(N4CCOCC4)c3)CC2)c1C. The first-order valence-electron chi connectivity index (χ1n) is 11.3. The van der Waals surface area contributed by atoms with Crippen molar-refractivity contribution in [3.05, 3.63) is 57.6 Å². The molecule has 0 aliphatic carbocycles. The van der Waals surface area contributed by atoms with Crippen LogP contribution in [-0.2, 0) is 9.53 Å². The molecule has 2 aromatic rings. The van der Waals surface area contributed by atoms with E-state index in [0.717, 1.165) is 22.6 Å². The monoisotopic (exact) mass is 454 g/mol. The van der Waals surface area contributed by atoms with E-state index in [1.54, 1.807) is 12.1 Å². The number of rotatable bonds is 6. The fourth-order valence-corrected chi connectivity index (χ4v) is 4.25. The number of nitro benzene ring substituents is 1. The van der Waals surface area contributed by atoms with E-state index in [-0.39, 0.29) is 23.1 Å². The van der Waals surface area contributed by atoms with Crippen molar-refractivity contribution in [2.75, 3.05) is 68.9 Å². The second-order valence-corrected chi connectivity index (χ2v) is 8.38. The molecule has 1 amide bonds. The Balaban J connectivity index is 1.37. The molecular weight excluding hydrogens is 424 g/mol. The van der Waals surface area contributed by atoms with E-state index < -0.39 is 0 Å². The van der Waals surface area contributed by atoms with Crippen molar-refractivity contribution >= 4 is 23.0 Å². The first kappa shape index (κ1) is 22.8. The van der Waals surface area contributed by atoms with Crippen molar-refractivity contribution in [3.63, 3.8) is 0 Å². The summed E-state index contributed by atoms with van der Waals surface area (Å²) < 4.78 is 11.2. The van der Waals surface area contributed by atoms with E-state index >= 15 is 0 Å². The summed E-state index contributed by atoms with van der Waals surface area (Å²) in [7, 11) is 0. The largest absolute Gasteiger partial charge is 0.483 e. The number of aryl methyl sites for hydroxylation is 1. The molecule has 2 saturated heterocycles. The number of ether oxygens (including phenoxy) is 2. The molecule has 0 bridgehead atoms. The number of carbonyl (C=O) groups is 1. The van der Waals surface area contributed by atoms with Crippen molar-refractivity contribution in [1.82, 2.24) is 4.90 Å². The Morgan fingerprint density at radius 2 is 1.76 bits per heavy atom. The van der Waals surface area contributed by atoms with Crippen LogP contribution in [0.3, 0.4) is 0 Å². The molecule has 0 N–H and O–H groups in total. The normalized spacial score (nSPS) is 16.6. The van der Waals surface area contributed by atoms with E-state index in [0.29, 0.717) is 58.2 Å². The first-order chi connectivity index (χ1) is 15.9. The maximum atomic E-state index is 12.7. The van der Waals surface area contributed by atoms with Crippen LogP contribution in [-0.4, -0.2) is 74.8 Å². The predicted octanol–water partition coefficient (Wildman–Crippen LogP) is 2.78. The highest BCUT2D eigenvalue weighted by Crippen LogP contribution is 2.33. The van der Waals surface area contributed by atoms with E-state index in [1.807, 2.05) is 47.9 Å². The van der Waals surface area contributed by atoms with Crippen molar-refractivity contribution in [2.45, 2.75) is 13.8 Å². The van der Waals surface area contributed by atoms with Crippen LogP contribution in [0.1, 0.15) is 11.1 Å². The number of amides is 1. The summed E-state index contributed by atoms with van der Waals surface area (Å²) in [5.41, 5.74) is 3.84. The number of anilines is 2. The Hall–Kier alpha value is -3.33. The fourth-order valence-electron chi connectivity index (χ4n) is 4.25. The Labute approximate surface area is 193 Å². The standard InChI is InChI=1S/C24H30N4O5/c1-18-4-3-5-23(19(18)2)33-17-24(29)27-10-8-25(9-11-27)20-6-7-21(28(30)31)22(16-20)26-12-14-32-15-13-26/h3-7,16H,8-15,17H2,1-2H3. The van der Waals surface area contributed by atoms with Crippen LogP contribution in [0.2, 0.25) is 0 Å². The lowest BCUT2D eigenvalue weighted by Gasteiger charge is -2.36. The number of piperazine rings is 1. The predicted molar refractivity (Wildman–Crippen MR) is 126 cm³/mol. The zero-order chi connectivity index (χ0) is 23.4. The van der Waals surface area contributed by atoms with Crippen LogP contribution in [0.15, 0.2) is 36.4 Å². The van der Waals surface area contributed by atoms with Crippen molar-refractivity contribution in [3.8, 4) is 5.75 Å². The van der Waals surface area contributed by atoms with Gasteiger partial charge in [-0.05, 0) is 43.2 Å². The maximum Gasteiger partial charge on any atom is 0.292 e. The lowest BCUT2D eigenvalue weighted by atomic mass is 10.1. The van der Waals surface area contributed by atoms with Gasteiger partial charge in [-0.1, -0.05) is 12.1 Å². The number of hydrogen-bond acceptors (Lipinski definition) is 7. The molecule has 0 atom stereocenters. The van der Waals surface area contributed by atoms with Gasteiger partial charge in [0, 0.05) is 51.0 Å². The van der Waals surface area contributed by atoms with Gasteiger partial charge < -0.3 is 24.2 Å². The molecule has 33 heavy (non-hydrogen) atoms. The van der Waals surface area contributed by atoms with Crippen LogP contribution >= 0.6 is 0 Å². The summed E-state index contributed by atoms with van der Waals surface area (Å²) in [5.74, 6) is 0.705. The topological polar surface area (TPSA) is 88.4 Å². The van der Waals surface area contributed by atoms with Crippen LogP contribution < -0.4 is 14.5 Å². The first-order valence-corrected chi connectivity index (χ1v) is 11.3. The fraction of sp³-hybridized carbons (Fsp3) is 0.458. The number of benzene rings is 2. The molecule has 176 valence electrons. The van der Waals surface area contributed by atoms with Gasteiger partial charge in [-0.25, -0.2) is 0 Å². The zero-order valence-electron chi connectivity index (χ0n) is 19.2. The third-order valence-corrected chi connectivity index (χ3v) is 6.41. The van der Waals surface area contributed by atoms with Crippen molar-refractivity contribution in [1.29, 1.82) is 0 Å². The molecule has 0 saturated carbocycles.